The molecule has 0 atom stereocenters. The monoisotopic (exact) mass is 413 g/mol. The molecule has 0 fully saturated rings. The summed E-state index contributed by atoms with van der Waals surface area (Å²) in [6.45, 7) is 0.934. The Hall–Kier alpha value is -3.68. The third kappa shape index (κ3) is 5.22. The zero-order valence-electron chi connectivity index (χ0n) is 16.5. The number of ether oxygens (including phenoxy) is 2. The number of carbonyl (C=O) groups is 2. The summed E-state index contributed by atoms with van der Waals surface area (Å²) in [5.74, 6) is -1.32. The van der Waals surface area contributed by atoms with Crippen molar-refractivity contribution in [3.63, 3.8) is 0 Å². The molecule has 3 rings (SSSR count). The maximum absolute atomic E-state index is 13.7. The van der Waals surface area contributed by atoms with E-state index in [0.717, 1.165) is 10.9 Å². The van der Waals surface area contributed by atoms with E-state index in [4.69, 9.17) is 13.9 Å². The van der Waals surface area contributed by atoms with Crippen molar-refractivity contribution >= 4 is 22.8 Å². The smallest absolute Gasteiger partial charge is 0.344 e. The Kier molecular flexibility index (Phi) is 6.46. The van der Waals surface area contributed by atoms with Gasteiger partial charge in [0.1, 0.15) is 17.1 Å². The third-order valence-electron chi connectivity index (χ3n) is 4.43. The number of hydrogen-bond acceptors (Lipinski definition) is 6. The molecule has 0 spiro atoms. The average Bonchev–Trinajstić information content (AvgIpc) is 2.71. The van der Waals surface area contributed by atoms with Crippen molar-refractivity contribution < 1.29 is 27.9 Å². The van der Waals surface area contributed by atoms with Gasteiger partial charge in [-0.15, -0.1) is 0 Å². The summed E-state index contributed by atoms with van der Waals surface area (Å²) in [4.78, 5) is 36.7. The van der Waals surface area contributed by atoms with Crippen LogP contribution in [0.25, 0.3) is 11.0 Å². The number of hydrogen-bond donors (Lipinski definition) is 0. The standard InChI is InChI=1S/C22H20FNO6/c1-14-9-21(26)30-19-10-16(7-8-17(14)19)28-13-22(27)29-12-20(25)24(2)11-15-5-3-4-6-18(15)23/h3-10H,11-13H2,1-2H3. The Morgan fingerprint density at radius 3 is 2.63 bits per heavy atom. The number of benzene rings is 2. The molecule has 3 aromatic rings. The summed E-state index contributed by atoms with van der Waals surface area (Å²) in [5.41, 5.74) is 0.997. The SMILES string of the molecule is Cc1cc(=O)oc2cc(OCC(=O)OCC(=O)N(C)Cc3ccccc3F)ccc12. The second kappa shape index (κ2) is 9.21. The van der Waals surface area contributed by atoms with E-state index < -0.39 is 36.5 Å². The largest absolute Gasteiger partial charge is 0.482 e. The molecular formula is C22H20FNO6. The number of fused-ring (bicyclic) bond motifs is 1. The summed E-state index contributed by atoms with van der Waals surface area (Å²) < 4.78 is 29.1. The fourth-order valence-electron chi connectivity index (χ4n) is 2.80. The van der Waals surface area contributed by atoms with Crippen LogP contribution in [0.2, 0.25) is 0 Å². The predicted octanol–water partition coefficient (Wildman–Crippen LogP) is 2.82. The molecule has 8 heteroatoms. The lowest BCUT2D eigenvalue weighted by atomic mass is 10.1. The van der Waals surface area contributed by atoms with Crippen molar-refractivity contribution in [2.24, 2.45) is 0 Å². The van der Waals surface area contributed by atoms with E-state index >= 15 is 0 Å². The maximum Gasteiger partial charge on any atom is 0.344 e. The van der Waals surface area contributed by atoms with Crippen molar-refractivity contribution in [2.75, 3.05) is 20.3 Å². The number of rotatable bonds is 7. The number of nitrogens with zero attached hydrogens (tertiary/aromatic N) is 1. The Balaban J connectivity index is 1.50. The first-order chi connectivity index (χ1) is 14.3. The Bertz CT molecular complexity index is 1140. The quantitative estimate of drug-likeness (QED) is 0.437. The molecule has 0 saturated carbocycles. The molecule has 1 heterocycles. The number of amides is 1. The normalized spacial score (nSPS) is 10.6. The van der Waals surface area contributed by atoms with Gasteiger partial charge < -0.3 is 18.8 Å². The van der Waals surface area contributed by atoms with Gasteiger partial charge in [-0.1, -0.05) is 18.2 Å². The molecule has 0 N–H and O–H groups in total. The highest BCUT2D eigenvalue weighted by Gasteiger charge is 2.14. The molecule has 0 unspecified atom stereocenters. The van der Waals surface area contributed by atoms with E-state index in [2.05, 4.69) is 0 Å². The van der Waals surface area contributed by atoms with E-state index in [9.17, 15) is 18.8 Å². The summed E-state index contributed by atoms with van der Waals surface area (Å²) in [5, 5.41) is 0.757. The number of likely N-dealkylation sites (N-methyl/N-ethyl adjacent to an activating group) is 1. The number of aryl methyl sites for hydroxylation is 1. The van der Waals surface area contributed by atoms with Gasteiger partial charge in [0.05, 0.1) is 0 Å². The van der Waals surface area contributed by atoms with Gasteiger partial charge in [-0.3, -0.25) is 4.79 Å². The second-order valence-electron chi connectivity index (χ2n) is 6.70. The first kappa shape index (κ1) is 21.0. The fourth-order valence-corrected chi connectivity index (χ4v) is 2.80. The highest BCUT2D eigenvalue weighted by molar-refractivity contribution is 5.82. The molecule has 1 aromatic heterocycles. The Labute approximate surface area is 171 Å². The number of halogens is 1. The van der Waals surface area contributed by atoms with Crippen molar-refractivity contribution in [1.29, 1.82) is 0 Å². The summed E-state index contributed by atoms with van der Waals surface area (Å²) >= 11 is 0. The van der Waals surface area contributed by atoms with Crippen LogP contribution in [0.4, 0.5) is 4.39 Å². The minimum atomic E-state index is -0.742. The molecule has 2 aromatic carbocycles. The first-order valence-corrected chi connectivity index (χ1v) is 9.14. The highest BCUT2D eigenvalue weighted by Crippen LogP contribution is 2.22. The predicted molar refractivity (Wildman–Crippen MR) is 107 cm³/mol. The van der Waals surface area contributed by atoms with Gasteiger partial charge in [0, 0.05) is 36.7 Å². The molecule has 7 nitrogen and oxygen atoms in total. The van der Waals surface area contributed by atoms with Crippen LogP contribution in [0.5, 0.6) is 5.75 Å². The van der Waals surface area contributed by atoms with Crippen LogP contribution >= 0.6 is 0 Å². The number of carbonyl (C=O) groups excluding carboxylic acids is 2. The summed E-state index contributed by atoms with van der Waals surface area (Å²) in [6, 6.07) is 12.4. The summed E-state index contributed by atoms with van der Waals surface area (Å²) in [6.07, 6.45) is 0. The van der Waals surface area contributed by atoms with Crippen molar-refractivity contribution in [3.8, 4) is 5.75 Å². The van der Waals surface area contributed by atoms with Crippen LogP contribution in [0.1, 0.15) is 11.1 Å². The molecule has 0 radical (unpaired) electrons. The lowest BCUT2D eigenvalue weighted by Gasteiger charge is -2.17. The summed E-state index contributed by atoms with van der Waals surface area (Å²) in [7, 11) is 1.49. The van der Waals surface area contributed by atoms with Gasteiger partial charge >= 0.3 is 11.6 Å². The minimum absolute atomic E-state index is 0.0568. The van der Waals surface area contributed by atoms with Crippen LogP contribution in [0.15, 0.2) is 57.7 Å². The lowest BCUT2D eigenvalue weighted by molar-refractivity contribution is -0.153. The molecule has 30 heavy (non-hydrogen) atoms. The molecule has 0 aliphatic carbocycles. The van der Waals surface area contributed by atoms with Crippen LogP contribution in [-0.2, 0) is 20.9 Å². The molecule has 0 bridgehead atoms. The van der Waals surface area contributed by atoms with Gasteiger partial charge in [0.15, 0.2) is 13.2 Å². The Morgan fingerprint density at radius 1 is 1.10 bits per heavy atom. The van der Waals surface area contributed by atoms with Gasteiger partial charge in [-0.25, -0.2) is 14.0 Å². The fraction of sp³-hybridized carbons (Fsp3) is 0.227. The third-order valence-corrected chi connectivity index (χ3v) is 4.43. The molecular weight excluding hydrogens is 393 g/mol. The molecule has 1 amide bonds. The van der Waals surface area contributed by atoms with E-state index in [-0.39, 0.29) is 6.54 Å². The molecule has 0 aliphatic heterocycles. The number of esters is 1. The minimum Gasteiger partial charge on any atom is -0.482 e. The topological polar surface area (TPSA) is 86.0 Å². The molecule has 0 aliphatic rings. The van der Waals surface area contributed by atoms with Gasteiger partial charge in [-0.2, -0.15) is 0 Å². The van der Waals surface area contributed by atoms with Crippen LogP contribution < -0.4 is 10.4 Å². The van der Waals surface area contributed by atoms with Gasteiger partial charge in [0.2, 0.25) is 0 Å². The van der Waals surface area contributed by atoms with Gasteiger partial charge in [0.25, 0.3) is 5.91 Å². The maximum atomic E-state index is 13.7. The zero-order chi connectivity index (χ0) is 21.7. The second-order valence-corrected chi connectivity index (χ2v) is 6.70. The van der Waals surface area contributed by atoms with Crippen LogP contribution in [0, 0.1) is 12.7 Å². The highest BCUT2D eigenvalue weighted by atomic mass is 19.1. The lowest BCUT2D eigenvalue weighted by Crippen LogP contribution is -2.31. The Morgan fingerprint density at radius 2 is 1.87 bits per heavy atom. The van der Waals surface area contributed by atoms with Crippen molar-refractivity contribution in [2.45, 2.75) is 13.5 Å². The van der Waals surface area contributed by atoms with Crippen molar-refractivity contribution in [3.05, 3.63) is 75.9 Å². The van der Waals surface area contributed by atoms with Crippen LogP contribution in [-0.4, -0.2) is 37.0 Å². The van der Waals surface area contributed by atoms with Crippen molar-refractivity contribution in [1.82, 2.24) is 4.90 Å². The van der Waals surface area contributed by atoms with Gasteiger partial charge in [-0.05, 0) is 30.7 Å². The average molecular weight is 413 g/mol. The van der Waals surface area contributed by atoms with E-state index in [0.29, 0.717) is 16.9 Å². The molecule has 0 saturated heterocycles. The zero-order valence-corrected chi connectivity index (χ0v) is 16.5. The van der Waals surface area contributed by atoms with E-state index in [1.54, 1.807) is 37.3 Å². The van der Waals surface area contributed by atoms with E-state index in [1.807, 2.05) is 0 Å². The first-order valence-electron chi connectivity index (χ1n) is 9.14. The van der Waals surface area contributed by atoms with E-state index in [1.165, 1.54) is 30.1 Å². The molecule has 156 valence electrons. The van der Waals surface area contributed by atoms with Crippen LogP contribution in [0.3, 0.4) is 0 Å².